The molecule has 3 rings (SSSR count). The SMILES string of the molecule is CCN(CC)C(=O)COC(=O)C1c2ccccc2Oc2ccccc21. The maximum atomic E-state index is 12.8. The van der Waals surface area contributed by atoms with Gasteiger partial charge in [-0.25, -0.2) is 0 Å². The molecule has 130 valence electrons. The maximum Gasteiger partial charge on any atom is 0.318 e. The van der Waals surface area contributed by atoms with Gasteiger partial charge in [-0.15, -0.1) is 0 Å². The van der Waals surface area contributed by atoms with Gasteiger partial charge in [0.1, 0.15) is 17.4 Å². The van der Waals surface area contributed by atoms with Crippen LogP contribution in [0.2, 0.25) is 0 Å². The summed E-state index contributed by atoms with van der Waals surface area (Å²) in [5.41, 5.74) is 1.50. The summed E-state index contributed by atoms with van der Waals surface area (Å²) in [7, 11) is 0. The fourth-order valence-corrected chi connectivity index (χ4v) is 3.05. The van der Waals surface area contributed by atoms with Crippen molar-refractivity contribution in [2.45, 2.75) is 19.8 Å². The molecule has 1 aliphatic heterocycles. The molecule has 1 aliphatic rings. The molecule has 0 saturated carbocycles. The van der Waals surface area contributed by atoms with E-state index in [1.807, 2.05) is 62.4 Å². The van der Waals surface area contributed by atoms with Gasteiger partial charge in [0.05, 0.1) is 0 Å². The van der Waals surface area contributed by atoms with Gasteiger partial charge in [0.2, 0.25) is 0 Å². The normalized spacial score (nSPS) is 12.6. The van der Waals surface area contributed by atoms with Gasteiger partial charge in [-0.05, 0) is 26.0 Å². The lowest BCUT2D eigenvalue weighted by Crippen LogP contribution is -2.35. The molecule has 2 aromatic carbocycles. The van der Waals surface area contributed by atoms with Gasteiger partial charge in [0, 0.05) is 24.2 Å². The number of esters is 1. The fourth-order valence-electron chi connectivity index (χ4n) is 3.05. The largest absolute Gasteiger partial charge is 0.457 e. The van der Waals surface area contributed by atoms with Crippen molar-refractivity contribution in [3.63, 3.8) is 0 Å². The Morgan fingerprint density at radius 3 is 2.00 bits per heavy atom. The Labute approximate surface area is 147 Å². The van der Waals surface area contributed by atoms with E-state index in [-0.39, 0.29) is 12.5 Å². The van der Waals surface area contributed by atoms with E-state index in [0.717, 1.165) is 11.1 Å². The molecule has 1 heterocycles. The second-order valence-corrected chi connectivity index (χ2v) is 5.78. The van der Waals surface area contributed by atoms with E-state index in [9.17, 15) is 9.59 Å². The number of nitrogens with zero attached hydrogens (tertiary/aromatic N) is 1. The van der Waals surface area contributed by atoms with E-state index in [1.54, 1.807) is 4.90 Å². The van der Waals surface area contributed by atoms with Gasteiger partial charge in [-0.2, -0.15) is 0 Å². The van der Waals surface area contributed by atoms with Crippen LogP contribution in [0.5, 0.6) is 11.5 Å². The van der Waals surface area contributed by atoms with E-state index < -0.39 is 11.9 Å². The minimum atomic E-state index is -0.592. The third-order valence-corrected chi connectivity index (χ3v) is 4.37. The van der Waals surface area contributed by atoms with Crippen LogP contribution in [0.15, 0.2) is 48.5 Å². The van der Waals surface area contributed by atoms with Crippen molar-refractivity contribution in [3.05, 3.63) is 59.7 Å². The summed E-state index contributed by atoms with van der Waals surface area (Å²) in [4.78, 5) is 26.5. The van der Waals surface area contributed by atoms with Crippen molar-refractivity contribution in [3.8, 4) is 11.5 Å². The second kappa shape index (κ2) is 7.38. The van der Waals surface area contributed by atoms with E-state index in [1.165, 1.54) is 0 Å². The number of para-hydroxylation sites is 2. The second-order valence-electron chi connectivity index (χ2n) is 5.78. The number of amides is 1. The number of carbonyl (C=O) groups is 2. The molecule has 2 aromatic rings. The first-order valence-electron chi connectivity index (χ1n) is 8.45. The third kappa shape index (κ3) is 3.36. The lowest BCUT2D eigenvalue weighted by atomic mass is 9.88. The predicted octanol–water partition coefficient (Wildman–Crippen LogP) is 3.34. The molecule has 1 amide bonds. The number of benzene rings is 2. The zero-order valence-electron chi connectivity index (χ0n) is 14.4. The Balaban J connectivity index is 1.84. The summed E-state index contributed by atoms with van der Waals surface area (Å²) in [6.07, 6.45) is 0. The van der Waals surface area contributed by atoms with Gasteiger partial charge in [-0.3, -0.25) is 9.59 Å². The Kier molecular flexibility index (Phi) is 5.03. The highest BCUT2D eigenvalue weighted by atomic mass is 16.5. The molecule has 0 aliphatic carbocycles. The number of ether oxygens (including phenoxy) is 2. The maximum absolute atomic E-state index is 12.8. The molecule has 0 saturated heterocycles. The van der Waals surface area contributed by atoms with Crippen LogP contribution in [0.3, 0.4) is 0 Å². The van der Waals surface area contributed by atoms with Crippen LogP contribution in [0.25, 0.3) is 0 Å². The number of carbonyl (C=O) groups excluding carboxylic acids is 2. The molecular weight excluding hydrogens is 318 g/mol. The third-order valence-electron chi connectivity index (χ3n) is 4.37. The van der Waals surface area contributed by atoms with Crippen molar-refractivity contribution in [1.29, 1.82) is 0 Å². The molecule has 0 N–H and O–H groups in total. The minimum Gasteiger partial charge on any atom is -0.457 e. The molecular formula is C20H21NO4. The Hall–Kier alpha value is -2.82. The smallest absolute Gasteiger partial charge is 0.318 e. The van der Waals surface area contributed by atoms with Crippen molar-refractivity contribution in [1.82, 2.24) is 4.90 Å². The van der Waals surface area contributed by atoms with Crippen LogP contribution in [0.4, 0.5) is 0 Å². The van der Waals surface area contributed by atoms with E-state index in [0.29, 0.717) is 24.6 Å². The summed E-state index contributed by atoms with van der Waals surface area (Å²) >= 11 is 0. The van der Waals surface area contributed by atoms with Crippen LogP contribution < -0.4 is 4.74 Å². The number of rotatable bonds is 5. The lowest BCUT2D eigenvalue weighted by molar-refractivity contribution is -0.152. The summed E-state index contributed by atoms with van der Waals surface area (Å²) in [5, 5.41) is 0. The lowest BCUT2D eigenvalue weighted by Gasteiger charge is -2.27. The van der Waals surface area contributed by atoms with Crippen LogP contribution in [0, 0.1) is 0 Å². The van der Waals surface area contributed by atoms with Crippen LogP contribution >= 0.6 is 0 Å². The van der Waals surface area contributed by atoms with Crippen molar-refractivity contribution < 1.29 is 19.1 Å². The number of hydrogen-bond acceptors (Lipinski definition) is 4. The van der Waals surface area contributed by atoms with E-state index in [4.69, 9.17) is 9.47 Å². The Morgan fingerprint density at radius 1 is 0.960 bits per heavy atom. The number of hydrogen-bond donors (Lipinski definition) is 0. The van der Waals surface area contributed by atoms with Gasteiger partial charge < -0.3 is 14.4 Å². The van der Waals surface area contributed by atoms with Crippen LogP contribution in [0.1, 0.15) is 30.9 Å². The molecule has 0 fully saturated rings. The van der Waals surface area contributed by atoms with Crippen molar-refractivity contribution >= 4 is 11.9 Å². The van der Waals surface area contributed by atoms with Crippen molar-refractivity contribution in [2.75, 3.05) is 19.7 Å². The summed E-state index contributed by atoms with van der Waals surface area (Å²) in [6, 6.07) is 14.8. The van der Waals surface area contributed by atoms with Gasteiger partial charge >= 0.3 is 5.97 Å². The number of likely N-dealkylation sites (N-methyl/N-ethyl adjacent to an activating group) is 1. The zero-order valence-corrected chi connectivity index (χ0v) is 14.4. The average Bonchev–Trinajstić information content (AvgIpc) is 2.65. The van der Waals surface area contributed by atoms with E-state index >= 15 is 0 Å². The quantitative estimate of drug-likeness (QED) is 0.784. The molecule has 0 radical (unpaired) electrons. The van der Waals surface area contributed by atoms with Crippen LogP contribution in [-0.2, 0) is 14.3 Å². The van der Waals surface area contributed by atoms with Gasteiger partial charge in [0.15, 0.2) is 6.61 Å². The predicted molar refractivity (Wildman–Crippen MR) is 93.7 cm³/mol. The molecule has 0 bridgehead atoms. The topological polar surface area (TPSA) is 55.8 Å². The first-order valence-corrected chi connectivity index (χ1v) is 8.45. The van der Waals surface area contributed by atoms with Crippen LogP contribution in [-0.4, -0.2) is 36.5 Å². The molecule has 0 atom stereocenters. The van der Waals surface area contributed by atoms with Crippen molar-refractivity contribution in [2.24, 2.45) is 0 Å². The van der Waals surface area contributed by atoms with Gasteiger partial charge in [0.25, 0.3) is 5.91 Å². The summed E-state index contributed by atoms with van der Waals surface area (Å²) in [6.45, 7) is 4.73. The minimum absolute atomic E-state index is 0.188. The highest BCUT2D eigenvalue weighted by molar-refractivity contribution is 5.87. The number of fused-ring (bicyclic) bond motifs is 2. The molecule has 5 nitrogen and oxygen atoms in total. The highest BCUT2D eigenvalue weighted by Gasteiger charge is 2.34. The monoisotopic (exact) mass is 339 g/mol. The average molecular weight is 339 g/mol. The first-order chi connectivity index (χ1) is 12.2. The van der Waals surface area contributed by atoms with Gasteiger partial charge in [-0.1, -0.05) is 36.4 Å². The first kappa shape index (κ1) is 17.0. The standard InChI is InChI=1S/C20H21NO4/c1-3-21(4-2)18(22)13-24-20(23)19-14-9-5-7-11-16(14)25-17-12-8-6-10-15(17)19/h5-12,19H,3-4,13H2,1-2H3. The Bertz CT molecular complexity index is 737. The fraction of sp³-hybridized carbons (Fsp3) is 0.300. The van der Waals surface area contributed by atoms with E-state index in [2.05, 4.69) is 0 Å². The highest BCUT2D eigenvalue weighted by Crippen LogP contribution is 2.44. The Morgan fingerprint density at radius 2 is 1.48 bits per heavy atom. The molecule has 25 heavy (non-hydrogen) atoms. The molecule has 0 aromatic heterocycles. The summed E-state index contributed by atoms with van der Waals surface area (Å²) in [5.74, 6) is 0.0535. The summed E-state index contributed by atoms with van der Waals surface area (Å²) < 4.78 is 11.2. The molecule has 0 spiro atoms. The molecule has 5 heteroatoms. The molecule has 0 unspecified atom stereocenters. The zero-order chi connectivity index (χ0) is 17.8.